The van der Waals surface area contributed by atoms with Crippen molar-refractivity contribution in [3.8, 4) is 5.75 Å². The van der Waals surface area contributed by atoms with Gasteiger partial charge in [0.2, 0.25) is 0 Å². The van der Waals surface area contributed by atoms with E-state index in [1.165, 1.54) is 25.0 Å². The maximum atomic E-state index is 10.6. The van der Waals surface area contributed by atoms with Gasteiger partial charge in [-0.15, -0.1) is 0 Å². The molecule has 0 aromatic heterocycles. The molecule has 0 unspecified atom stereocenters. The van der Waals surface area contributed by atoms with Crippen molar-refractivity contribution in [2.24, 2.45) is 5.92 Å². The van der Waals surface area contributed by atoms with Crippen LogP contribution in [0.1, 0.15) is 23.2 Å². The Hall–Kier alpha value is 0.220. The monoisotopic (exact) mass is 340 g/mol. The van der Waals surface area contributed by atoms with Crippen LogP contribution in [0.15, 0.2) is 18.2 Å². The van der Waals surface area contributed by atoms with E-state index in [0.29, 0.717) is 18.3 Å². The van der Waals surface area contributed by atoms with Crippen LogP contribution in [0.5, 0.6) is 5.75 Å². The summed E-state index contributed by atoms with van der Waals surface area (Å²) < 4.78 is 6.48. The van der Waals surface area contributed by atoms with Gasteiger partial charge >= 0.3 is 29.6 Å². The Labute approximate surface area is 130 Å². The van der Waals surface area contributed by atoms with Crippen molar-refractivity contribution in [3.05, 3.63) is 27.3 Å². The third-order valence-corrected chi connectivity index (χ3v) is 3.23. The summed E-state index contributed by atoms with van der Waals surface area (Å²) in [7, 11) is 0. The van der Waals surface area contributed by atoms with Gasteiger partial charge in [-0.3, -0.25) is 0 Å². The molecule has 0 spiro atoms. The summed E-state index contributed by atoms with van der Waals surface area (Å²) >= 11 is 2.13. The van der Waals surface area contributed by atoms with Gasteiger partial charge in [0.05, 0.1) is 16.1 Å². The fourth-order valence-electron chi connectivity index (χ4n) is 1.23. The second kappa shape index (κ2) is 6.23. The third kappa shape index (κ3) is 3.91. The average molecular weight is 340 g/mol. The standard InChI is InChI=1S/C11H11IO3.Na/c12-9-4-3-8(11(13)14)5-10(9)15-6-7-1-2-7;/h3-5,7H,1-2,6H2,(H,13,14);/q;+1/p-1. The molecule has 3 nitrogen and oxygen atoms in total. The predicted molar refractivity (Wildman–Crippen MR) is 61.7 cm³/mol. The molecule has 1 aliphatic carbocycles. The maximum Gasteiger partial charge on any atom is 1.00 e. The second-order valence-corrected chi connectivity index (χ2v) is 4.85. The maximum absolute atomic E-state index is 10.6. The minimum Gasteiger partial charge on any atom is -0.545 e. The molecule has 0 bridgehead atoms. The van der Waals surface area contributed by atoms with Crippen molar-refractivity contribution in [1.29, 1.82) is 0 Å². The zero-order valence-corrected chi connectivity index (χ0v) is 13.2. The normalized spacial score (nSPS) is 14.1. The number of aromatic carboxylic acids is 1. The molecule has 16 heavy (non-hydrogen) atoms. The Morgan fingerprint density at radius 2 is 2.19 bits per heavy atom. The van der Waals surface area contributed by atoms with E-state index in [4.69, 9.17) is 4.74 Å². The van der Waals surface area contributed by atoms with E-state index in [0.717, 1.165) is 3.57 Å². The summed E-state index contributed by atoms with van der Waals surface area (Å²) in [6, 6.07) is 4.79. The smallest absolute Gasteiger partial charge is 0.545 e. The molecule has 0 radical (unpaired) electrons. The minimum atomic E-state index is -1.16. The van der Waals surface area contributed by atoms with Crippen molar-refractivity contribution in [1.82, 2.24) is 0 Å². The van der Waals surface area contributed by atoms with Crippen LogP contribution < -0.4 is 39.4 Å². The van der Waals surface area contributed by atoms with Gasteiger partial charge in [-0.05, 0) is 53.5 Å². The summed E-state index contributed by atoms with van der Waals surface area (Å²) in [5.41, 5.74) is 0.168. The molecule has 0 heterocycles. The topological polar surface area (TPSA) is 49.4 Å². The number of carbonyl (C=O) groups excluding carboxylic acids is 1. The number of carbonyl (C=O) groups is 1. The first-order valence-electron chi connectivity index (χ1n) is 4.80. The van der Waals surface area contributed by atoms with Gasteiger partial charge in [-0.25, -0.2) is 0 Å². The van der Waals surface area contributed by atoms with E-state index in [2.05, 4.69) is 22.6 Å². The largest absolute Gasteiger partial charge is 1.00 e. The molecule has 0 saturated heterocycles. The summed E-state index contributed by atoms with van der Waals surface area (Å²) in [5.74, 6) is 0.138. The van der Waals surface area contributed by atoms with Gasteiger partial charge in [0, 0.05) is 5.56 Å². The van der Waals surface area contributed by atoms with Crippen LogP contribution in [0.25, 0.3) is 0 Å². The Balaban J connectivity index is 0.00000128. The molecule has 0 aliphatic heterocycles. The number of carboxylic acids is 1. The van der Waals surface area contributed by atoms with Crippen LogP contribution in [0, 0.1) is 9.49 Å². The number of carboxylic acid groups (broad SMARTS) is 1. The van der Waals surface area contributed by atoms with E-state index in [1.54, 1.807) is 6.07 Å². The van der Waals surface area contributed by atoms with Gasteiger partial charge in [-0.2, -0.15) is 0 Å². The fraction of sp³-hybridized carbons (Fsp3) is 0.364. The van der Waals surface area contributed by atoms with Crippen molar-refractivity contribution in [2.45, 2.75) is 12.8 Å². The fourth-order valence-corrected chi connectivity index (χ4v) is 1.72. The van der Waals surface area contributed by atoms with E-state index >= 15 is 0 Å². The van der Waals surface area contributed by atoms with E-state index in [9.17, 15) is 9.90 Å². The van der Waals surface area contributed by atoms with Crippen LogP contribution in [-0.4, -0.2) is 12.6 Å². The number of halogens is 1. The van der Waals surface area contributed by atoms with Crippen LogP contribution in [0.3, 0.4) is 0 Å². The van der Waals surface area contributed by atoms with Crippen molar-refractivity contribution in [2.75, 3.05) is 6.61 Å². The molecule has 1 aromatic rings. The first kappa shape index (κ1) is 14.3. The number of ether oxygens (including phenoxy) is 1. The Kier molecular flexibility index (Phi) is 5.56. The van der Waals surface area contributed by atoms with Crippen molar-refractivity contribution < 1.29 is 44.2 Å². The summed E-state index contributed by atoms with van der Waals surface area (Å²) in [6.07, 6.45) is 2.44. The molecular weight excluding hydrogens is 330 g/mol. The second-order valence-electron chi connectivity index (χ2n) is 3.69. The van der Waals surface area contributed by atoms with Gasteiger partial charge in [0.25, 0.3) is 0 Å². The molecule has 1 aliphatic rings. The molecule has 5 heteroatoms. The van der Waals surface area contributed by atoms with Crippen LogP contribution >= 0.6 is 22.6 Å². The zero-order chi connectivity index (χ0) is 10.8. The molecule has 1 aromatic carbocycles. The number of benzene rings is 1. The van der Waals surface area contributed by atoms with Crippen LogP contribution in [-0.2, 0) is 0 Å². The van der Waals surface area contributed by atoms with E-state index in [-0.39, 0.29) is 35.1 Å². The Morgan fingerprint density at radius 3 is 2.75 bits per heavy atom. The van der Waals surface area contributed by atoms with Crippen LogP contribution in [0.4, 0.5) is 0 Å². The molecule has 2 rings (SSSR count). The molecular formula is C11H10INaO3. The quantitative estimate of drug-likeness (QED) is 0.493. The average Bonchev–Trinajstić information content (AvgIpc) is 3.00. The number of hydrogen-bond donors (Lipinski definition) is 0. The SMILES string of the molecule is O=C([O-])c1ccc(I)c(OCC2CC2)c1.[Na+]. The van der Waals surface area contributed by atoms with E-state index < -0.39 is 5.97 Å². The summed E-state index contributed by atoms with van der Waals surface area (Å²) in [6.45, 7) is 0.687. The van der Waals surface area contributed by atoms with Gasteiger partial charge in [0.15, 0.2) is 0 Å². The molecule has 0 amide bonds. The molecule has 1 fully saturated rings. The number of rotatable bonds is 4. The first-order chi connectivity index (χ1) is 7.16. The van der Waals surface area contributed by atoms with Gasteiger partial charge in [-0.1, -0.05) is 6.07 Å². The third-order valence-electron chi connectivity index (χ3n) is 2.34. The molecule has 1 saturated carbocycles. The molecule has 0 N–H and O–H groups in total. The van der Waals surface area contributed by atoms with Crippen LogP contribution in [0.2, 0.25) is 0 Å². The summed E-state index contributed by atoms with van der Waals surface area (Å²) in [5, 5.41) is 10.6. The first-order valence-corrected chi connectivity index (χ1v) is 5.88. The van der Waals surface area contributed by atoms with Gasteiger partial charge in [0.1, 0.15) is 5.75 Å². The zero-order valence-electron chi connectivity index (χ0n) is 9.03. The predicted octanol–water partition coefficient (Wildman–Crippen LogP) is -1.55. The molecule has 0 atom stereocenters. The Bertz CT molecular complexity index is 391. The van der Waals surface area contributed by atoms with E-state index in [1.807, 2.05) is 0 Å². The minimum absolute atomic E-state index is 0. The van der Waals surface area contributed by atoms with Gasteiger partial charge < -0.3 is 14.6 Å². The summed E-state index contributed by atoms with van der Waals surface area (Å²) in [4.78, 5) is 10.6. The molecule has 80 valence electrons. The van der Waals surface area contributed by atoms with Crippen molar-refractivity contribution >= 4 is 28.6 Å². The number of hydrogen-bond acceptors (Lipinski definition) is 3. The Morgan fingerprint density at radius 1 is 1.50 bits per heavy atom. The van der Waals surface area contributed by atoms with Crippen molar-refractivity contribution in [3.63, 3.8) is 0 Å².